The smallest absolute Gasteiger partial charge is 0.0682 e. The second-order valence-corrected chi connectivity index (χ2v) is 5.99. The molecule has 0 spiro atoms. The fraction of sp³-hybridized carbons (Fsp3) is 0.444. The van der Waals surface area contributed by atoms with Crippen molar-refractivity contribution in [1.82, 2.24) is 0 Å². The molecule has 21 heavy (non-hydrogen) atoms. The van der Waals surface area contributed by atoms with Crippen LogP contribution in [0.4, 0.5) is 0 Å². The van der Waals surface area contributed by atoms with E-state index < -0.39 is 0 Å². The van der Waals surface area contributed by atoms with Gasteiger partial charge in [0.1, 0.15) is 0 Å². The maximum Gasteiger partial charge on any atom is 0.0682 e. The van der Waals surface area contributed by atoms with Crippen LogP contribution in [0.2, 0.25) is 0 Å². The molecular formula is C18H23N3. The van der Waals surface area contributed by atoms with Gasteiger partial charge >= 0.3 is 0 Å². The van der Waals surface area contributed by atoms with Gasteiger partial charge in [-0.15, -0.1) is 0 Å². The molecule has 3 N–H and O–H groups in total. The summed E-state index contributed by atoms with van der Waals surface area (Å²) < 4.78 is 0. The fourth-order valence-corrected chi connectivity index (χ4v) is 3.57. The molecule has 1 fully saturated rings. The molecule has 2 unspecified atom stereocenters. The highest BCUT2D eigenvalue weighted by Crippen LogP contribution is 2.40. The minimum atomic E-state index is 0.431. The average molecular weight is 281 g/mol. The van der Waals surface area contributed by atoms with Crippen LogP contribution in [-0.4, -0.2) is 18.0 Å². The van der Waals surface area contributed by atoms with Gasteiger partial charge in [-0.3, -0.25) is 4.99 Å². The Kier molecular flexibility index (Phi) is 4.18. The highest BCUT2D eigenvalue weighted by atomic mass is 14.9. The van der Waals surface area contributed by atoms with Crippen LogP contribution in [0, 0.1) is 11.3 Å². The predicted molar refractivity (Wildman–Crippen MR) is 88.8 cm³/mol. The Bertz CT molecular complexity index is 575. The zero-order valence-corrected chi connectivity index (χ0v) is 12.4. The van der Waals surface area contributed by atoms with Crippen molar-refractivity contribution in [3.05, 3.63) is 47.2 Å². The lowest BCUT2D eigenvalue weighted by atomic mass is 9.79. The molecule has 0 aromatic carbocycles. The molecule has 110 valence electrons. The van der Waals surface area contributed by atoms with Crippen LogP contribution < -0.4 is 5.73 Å². The van der Waals surface area contributed by atoms with Gasteiger partial charge in [0.05, 0.1) is 11.8 Å². The third-order valence-corrected chi connectivity index (χ3v) is 4.65. The average Bonchev–Trinajstić information content (AvgIpc) is 2.92. The molecule has 0 aromatic heterocycles. The molecule has 0 aromatic rings. The van der Waals surface area contributed by atoms with Gasteiger partial charge in [-0.1, -0.05) is 31.1 Å². The summed E-state index contributed by atoms with van der Waals surface area (Å²) in [6.45, 7) is 0. The Morgan fingerprint density at radius 3 is 2.86 bits per heavy atom. The summed E-state index contributed by atoms with van der Waals surface area (Å²) in [7, 11) is 0. The van der Waals surface area contributed by atoms with Crippen LogP contribution in [0.1, 0.15) is 38.5 Å². The number of aliphatic imine (C=N–C) groups is 1. The molecular weight excluding hydrogens is 258 g/mol. The maximum atomic E-state index is 7.48. The molecule has 0 saturated heterocycles. The third kappa shape index (κ3) is 2.78. The summed E-state index contributed by atoms with van der Waals surface area (Å²) in [4.78, 5) is 5.02. The van der Waals surface area contributed by atoms with E-state index in [1.54, 1.807) is 0 Å². The second kappa shape index (κ2) is 6.25. The first-order valence-corrected chi connectivity index (χ1v) is 7.92. The molecule has 1 saturated carbocycles. The number of nitrogens with two attached hydrogens (primary N) is 1. The number of fused-ring (bicyclic) bond motifs is 1. The van der Waals surface area contributed by atoms with Gasteiger partial charge < -0.3 is 11.1 Å². The molecule has 3 aliphatic rings. The summed E-state index contributed by atoms with van der Waals surface area (Å²) in [5.74, 6) is 0.514. The molecule has 0 radical (unpaired) electrons. The van der Waals surface area contributed by atoms with Crippen molar-refractivity contribution in [3.8, 4) is 0 Å². The Morgan fingerprint density at radius 2 is 2.14 bits per heavy atom. The van der Waals surface area contributed by atoms with Crippen molar-refractivity contribution in [3.63, 3.8) is 0 Å². The first-order valence-electron chi connectivity index (χ1n) is 7.92. The minimum Gasteiger partial charge on any atom is -0.404 e. The quantitative estimate of drug-likeness (QED) is 0.761. The van der Waals surface area contributed by atoms with Crippen molar-refractivity contribution < 1.29 is 0 Å². The van der Waals surface area contributed by atoms with Crippen molar-refractivity contribution in [2.24, 2.45) is 16.6 Å². The number of hydrogen-bond acceptors (Lipinski definition) is 3. The van der Waals surface area contributed by atoms with Gasteiger partial charge in [-0.25, -0.2) is 0 Å². The van der Waals surface area contributed by atoms with Crippen LogP contribution in [-0.2, 0) is 0 Å². The highest BCUT2D eigenvalue weighted by molar-refractivity contribution is 6.16. The van der Waals surface area contributed by atoms with Crippen molar-refractivity contribution in [1.29, 1.82) is 5.41 Å². The zero-order valence-electron chi connectivity index (χ0n) is 12.4. The largest absolute Gasteiger partial charge is 0.404 e. The van der Waals surface area contributed by atoms with Gasteiger partial charge in [0.25, 0.3) is 0 Å². The monoisotopic (exact) mass is 281 g/mol. The first-order chi connectivity index (χ1) is 10.3. The number of nitrogens with zero attached hydrogens (tertiary/aromatic N) is 1. The number of hydrogen-bond donors (Lipinski definition) is 2. The number of nitrogens with one attached hydrogen (secondary N) is 1. The summed E-state index contributed by atoms with van der Waals surface area (Å²) >= 11 is 0. The molecule has 3 nitrogen and oxygen atoms in total. The van der Waals surface area contributed by atoms with E-state index >= 15 is 0 Å². The van der Waals surface area contributed by atoms with Crippen molar-refractivity contribution in [2.75, 3.05) is 0 Å². The Morgan fingerprint density at radius 1 is 1.29 bits per heavy atom. The standard InChI is InChI=1S/C18H23N3/c19-11-13(12-20)10-16-15-8-4-5-9-17(15)21-18(16)14-6-2-1-3-7-14/h2,6-7,10-12,15,17,19H,1,3-5,8-9,20H2. The van der Waals surface area contributed by atoms with E-state index in [9.17, 15) is 0 Å². The van der Waals surface area contributed by atoms with Crippen LogP contribution in [0.5, 0.6) is 0 Å². The molecule has 2 aliphatic carbocycles. The van der Waals surface area contributed by atoms with Gasteiger partial charge in [0.15, 0.2) is 0 Å². The van der Waals surface area contributed by atoms with Crippen LogP contribution in [0.25, 0.3) is 0 Å². The van der Waals surface area contributed by atoms with E-state index in [4.69, 9.17) is 16.1 Å². The molecule has 3 heteroatoms. The van der Waals surface area contributed by atoms with E-state index in [-0.39, 0.29) is 0 Å². The highest BCUT2D eigenvalue weighted by Gasteiger charge is 2.36. The Labute approximate surface area is 126 Å². The lowest BCUT2D eigenvalue weighted by Gasteiger charge is -2.24. The molecule has 3 rings (SSSR count). The number of allylic oxidation sites excluding steroid dienone is 6. The zero-order chi connectivity index (χ0) is 14.7. The van der Waals surface area contributed by atoms with Crippen LogP contribution in [0.3, 0.4) is 0 Å². The lowest BCUT2D eigenvalue weighted by molar-refractivity contribution is 0.370. The van der Waals surface area contributed by atoms with Gasteiger partial charge in [-0.05, 0) is 42.9 Å². The van der Waals surface area contributed by atoms with Gasteiger partial charge in [0.2, 0.25) is 0 Å². The van der Waals surface area contributed by atoms with Gasteiger partial charge in [-0.2, -0.15) is 0 Å². The minimum absolute atomic E-state index is 0.431. The van der Waals surface area contributed by atoms with Crippen molar-refractivity contribution >= 4 is 11.9 Å². The second-order valence-electron chi connectivity index (χ2n) is 5.99. The fourth-order valence-electron chi connectivity index (χ4n) is 3.57. The van der Waals surface area contributed by atoms with E-state index in [1.807, 2.05) is 0 Å². The number of rotatable bonds is 3. The molecule has 1 heterocycles. The predicted octanol–water partition coefficient (Wildman–Crippen LogP) is 3.69. The topological polar surface area (TPSA) is 62.2 Å². The molecule has 0 amide bonds. The van der Waals surface area contributed by atoms with E-state index in [1.165, 1.54) is 49.2 Å². The SMILES string of the molecule is N=CC(=CN)C=C1C(C2=CCCC=C2)=NC2CCCCC12. The summed E-state index contributed by atoms with van der Waals surface area (Å²) in [5.41, 5.74) is 10.1. The van der Waals surface area contributed by atoms with E-state index in [0.29, 0.717) is 12.0 Å². The maximum absolute atomic E-state index is 7.48. The molecule has 0 bridgehead atoms. The molecule has 1 aliphatic heterocycles. The lowest BCUT2D eigenvalue weighted by Crippen LogP contribution is -2.21. The van der Waals surface area contributed by atoms with Crippen LogP contribution in [0.15, 0.2) is 52.2 Å². The summed E-state index contributed by atoms with van der Waals surface area (Å²) in [5, 5.41) is 7.48. The van der Waals surface area contributed by atoms with Crippen LogP contribution >= 0.6 is 0 Å². The Hall–Kier alpha value is -1.90. The molecule has 2 atom stereocenters. The summed E-state index contributed by atoms with van der Waals surface area (Å²) in [6.07, 6.45) is 18.8. The normalized spacial score (nSPS) is 30.9. The summed E-state index contributed by atoms with van der Waals surface area (Å²) in [6, 6.07) is 0.431. The van der Waals surface area contributed by atoms with Crippen molar-refractivity contribution in [2.45, 2.75) is 44.6 Å². The Balaban J connectivity index is 2.00. The van der Waals surface area contributed by atoms with E-state index in [2.05, 4.69) is 24.3 Å². The third-order valence-electron chi connectivity index (χ3n) is 4.65. The van der Waals surface area contributed by atoms with E-state index in [0.717, 1.165) is 24.1 Å². The first kappa shape index (κ1) is 14.1. The van der Waals surface area contributed by atoms with Gasteiger partial charge in [0, 0.05) is 23.9 Å².